The summed E-state index contributed by atoms with van der Waals surface area (Å²) in [7, 11) is 0. The Morgan fingerprint density at radius 1 is 0.673 bits per heavy atom. The number of rotatable bonds is 30. The lowest BCUT2D eigenvalue weighted by Gasteiger charge is -2.40. The first-order valence-electron chi connectivity index (χ1n) is 19.8. The van der Waals surface area contributed by atoms with E-state index >= 15 is 0 Å². The average molecular weight is 730 g/mol. The van der Waals surface area contributed by atoms with Crippen LogP contribution in [0, 0.1) is 0 Å². The van der Waals surface area contributed by atoms with E-state index in [1.54, 1.807) is 6.08 Å². The van der Waals surface area contributed by atoms with Crippen LogP contribution in [-0.4, -0.2) is 87.5 Å². The monoisotopic (exact) mass is 730 g/mol. The maximum Gasteiger partial charge on any atom is 0.220 e. The molecule has 0 spiro atoms. The van der Waals surface area contributed by atoms with Crippen LogP contribution in [0.1, 0.15) is 123 Å². The van der Waals surface area contributed by atoms with E-state index in [-0.39, 0.29) is 12.5 Å². The molecule has 296 valence electrons. The van der Waals surface area contributed by atoms with Crippen molar-refractivity contribution in [2.45, 2.75) is 166 Å². The molecule has 7 atom stereocenters. The molecule has 0 aromatic carbocycles. The predicted octanol–water partition coefficient (Wildman–Crippen LogP) is 7.21. The second kappa shape index (κ2) is 33.0. The van der Waals surface area contributed by atoms with Crippen molar-refractivity contribution in [1.29, 1.82) is 0 Å². The summed E-state index contributed by atoms with van der Waals surface area (Å²) in [6, 6.07) is -0.841. The summed E-state index contributed by atoms with van der Waals surface area (Å²) in [5.74, 6) is -0.226. The second-order valence-corrected chi connectivity index (χ2v) is 13.3. The third kappa shape index (κ3) is 23.8. The van der Waals surface area contributed by atoms with Crippen molar-refractivity contribution in [3.63, 3.8) is 0 Å². The number of ether oxygens (including phenoxy) is 2. The lowest BCUT2D eigenvalue weighted by atomic mass is 9.99. The van der Waals surface area contributed by atoms with Gasteiger partial charge in [0.1, 0.15) is 24.4 Å². The number of aliphatic hydroxyl groups is 5. The van der Waals surface area contributed by atoms with Crippen LogP contribution in [0.25, 0.3) is 0 Å². The van der Waals surface area contributed by atoms with Crippen molar-refractivity contribution in [3.8, 4) is 0 Å². The van der Waals surface area contributed by atoms with Crippen molar-refractivity contribution in [1.82, 2.24) is 5.32 Å². The Balaban J connectivity index is 2.46. The molecule has 52 heavy (non-hydrogen) atoms. The molecule has 1 aliphatic rings. The SMILES string of the molecule is CC/C=C\C/C=C\C/C=C\C/C=C\C/C=C\CCCCCC(=O)NC(COC1OC(CO)C(O)C(O)C1O)C(O)/C=C/CC/C=C/CCCCCC. The molecular formula is C43H71NO8. The fraction of sp³-hybridized carbons (Fsp3) is 0.651. The smallest absolute Gasteiger partial charge is 0.220 e. The molecule has 0 aromatic heterocycles. The molecule has 0 radical (unpaired) electrons. The van der Waals surface area contributed by atoms with E-state index in [0.29, 0.717) is 12.8 Å². The summed E-state index contributed by atoms with van der Waals surface area (Å²) >= 11 is 0. The second-order valence-electron chi connectivity index (χ2n) is 13.3. The number of allylic oxidation sites excluding steroid dienone is 13. The third-order valence-corrected chi connectivity index (χ3v) is 8.70. The maximum absolute atomic E-state index is 12.9. The van der Waals surface area contributed by atoms with E-state index in [4.69, 9.17) is 9.47 Å². The van der Waals surface area contributed by atoms with Crippen molar-refractivity contribution >= 4 is 5.91 Å². The standard InChI is InChI=1S/C43H71NO8/c1-3-5-7-9-11-13-15-16-17-18-19-20-21-22-23-25-27-29-31-33-39(47)44-36(35-51-43-42(50)41(49)40(48)38(34-45)52-43)37(46)32-30-28-26-24-14-12-10-8-6-4-2/h5,7,11,13-14,16-17,19-20,22-24,30,32,36-38,40-43,45-46,48-50H,3-4,6,8-10,12,15,18,21,25-29,31,33-35H2,1-2H3,(H,44,47)/b7-5-,13-11-,17-16-,20-19-,23-22-,24-14+,32-30+. The summed E-state index contributed by atoms with van der Waals surface area (Å²) in [6.07, 6.45) is 37.7. The van der Waals surface area contributed by atoms with E-state index in [9.17, 15) is 30.3 Å². The van der Waals surface area contributed by atoms with Gasteiger partial charge in [0, 0.05) is 6.42 Å². The topological polar surface area (TPSA) is 149 Å². The zero-order valence-electron chi connectivity index (χ0n) is 32.0. The molecule has 1 heterocycles. The van der Waals surface area contributed by atoms with Crippen LogP contribution in [0.5, 0.6) is 0 Å². The Hall–Kier alpha value is -2.63. The Labute approximate surface area is 314 Å². The number of carbonyl (C=O) groups excluding carboxylic acids is 1. The molecule has 1 amide bonds. The molecular weight excluding hydrogens is 658 g/mol. The largest absolute Gasteiger partial charge is 0.394 e. The van der Waals surface area contributed by atoms with E-state index in [0.717, 1.165) is 70.6 Å². The molecule has 9 heteroatoms. The normalized spacial score (nSPS) is 22.8. The molecule has 0 bridgehead atoms. The number of carbonyl (C=O) groups is 1. The van der Waals surface area contributed by atoms with Crippen LogP contribution in [0.4, 0.5) is 0 Å². The first kappa shape index (κ1) is 47.4. The molecule has 6 N–H and O–H groups in total. The highest BCUT2D eigenvalue weighted by atomic mass is 16.7. The van der Waals surface area contributed by atoms with Gasteiger partial charge in [-0.1, -0.05) is 125 Å². The van der Waals surface area contributed by atoms with Crippen LogP contribution in [0.15, 0.2) is 85.1 Å². The van der Waals surface area contributed by atoms with Crippen molar-refractivity contribution in [2.24, 2.45) is 0 Å². The minimum atomic E-state index is -1.58. The van der Waals surface area contributed by atoms with Gasteiger partial charge in [-0.2, -0.15) is 0 Å². The predicted molar refractivity (Wildman–Crippen MR) is 211 cm³/mol. The number of nitrogens with one attached hydrogen (secondary N) is 1. The number of hydrogen-bond acceptors (Lipinski definition) is 8. The lowest BCUT2D eigenvalue weighted by Crippen LogP contribution is -2.60. The van der Waals surface area contributed by atoms with Crippen molar-refractivity contribution in [2.75, 3.05) is 13.2 Å². The van der Waals surface area contributed by atoms with Crippen LogP contribution in [0.3, 0.4) is 0 Å². The van der Waals surface area contributed by atoms with Gasteiger partial charge < -0.3 is 40.3 Å². The fourth-order valence-electron chi connectivity index (χ4n) is 5.49. The van der Waals surface area contributed by atoms with Gasteiger partial charge >= 0.3 is 0 Å². The molecule has 0 saturated carbocycles. The highest BCUT2D eigenvalue weighted by Gasteiger charge is 2.44. The van der Waals surface area contributed by atoms with Gasteiger partial charge in [-0.05, 0) is 77.0 Å². The molecule has 1 fully saturated rings. The Kier molecular flexibility index (Phi) is 30.1. The van der Waals surface area contributed by atoms with Gasteiger partial charge in [0.15, 0.2) is 6.29 Å². The molecule has 9 nitrogen and oxygen atoms in total. The number of unbranched alkanes of at least 4 members (excludes halogenated alkanes) is 8. The number of hydrogen-bond donors (Lipinski definition) is 6. The fourth-order valence-corrected chi connectivity index (χ4v) is 5.49. The summed E-state index contributed by atoms with van der Waals surface area (Å²) < 4.78 is 11.1. The third-order valence-electron chi connectivity index (χ3n) is 8.70. The van der Waals surface area contributed by atoms with Crippen molar-refractivity contribution in [3.05, 3.63) is 85.1 Å². The first-order valence-corrected chi connectivity index (χ1v) is 19.8. The molecule has 1 saturated heterocycles. The van der Waals surface area contributed by atoms with E-state index in [1.807, 2.05) is 6.08 Å². The highest BCUT2D eigenvalue weighted by Crippen LogP contribution is 2.22. The van der Waals surface area contributed by atoms with Crippen LogP contribution in [-0.2, 0) is 14.3 Å². The first-order chi connectivity index (χ1) is 25.3. The summed E-state index contributed by atoms with van der Waals surface area (Å²) in [6.45, 7) is 3.54. The van der Waals surface area contributed by atoms with Gasteiger partial charge in [-0.15, -0.1) is 0 Å². The zero-order valence-corrected chi connectivity index (χ0v) is 32.0. The molecule has 0 aromatic rings. The van der Waals surface area contributed by atoms with Gasteiger partial charge in [0.2, 0.25) is 5.91 Å². The van der Waals surface area contributed by atoms with Crippen molar-refractivity contribution < 1.29 is 39.8 Å². The molecule has 1 rings (SSSR count). The van der Waals surface area contributed by atoms with Gasteiger partial charge in [-0.25, -0.2) is 0 Å². The molecule has 0 aliphatic carbocycles. The van der Waals surface area contributed by atoms with Gasteiger partial charge in [0.25, 0.3) is 0 Å². The quantitative estimate of drug-likeness (QED) is 0.0336. The Bertz CT molecular complexity index is 1080. The lowest BCUT2D eigenvalue weighted by molar-refractivity contribution is -0.302. The Morgan fingerprint density at radius 2 is 1.21 bits per heavy atom. The summed E-state index contributed by atoms with van der Waals surface area (Å²) in [5.41, 5.74) is 0. The van der Waals surface area contributed by atoms with Gasteiger partial charge in [-0.3, -0.25) is 4.79 Å². The van der Waals surface area contributed by atoms with E-state index in [1.165, 1.54) is 25.7 Å². The molecule has 7 unspecified atom stereocenters. The maximum atomic E-state index is 12.9. The summed E-state index contributed by atoms with van der Waals surface area (Å²) in [5, 5.41) is 53.8. The van der Waals surface area contributed by atoms with Crippen LogP contribution < -0.4 is 5.32 Å². The van der Waals surface area contributed by atoms with Crippen LogP contribution >= 0.6 is 0 Å². The zero-order chi connectivity index (χ0) is 38.1. The Morgan fingerprint density at radius 3 is 1.81 bits per heavy atom. The summed E-state index contributed by atoms with van der Waals surface area (Å²) in [4.78, 5) is 12.9. The minimum Gasteiger partial charge on any atom is -0.394 e. The number of amides is 1. The average Bonchev–Trinajstić information content (AvgIpc) is 3.14. The van der Waals surface area contributed by atoms with Gasteiger partial charge in [0.05, 0.1) is 25.4 Å². The highest BCUT2D eigenvalue weighted by molar-refractivity contribution is 5.76. The van der Waals surface area contributed by atoms with E-state index < -0.39 is 49.5 Å². The van der Waals surface area contributed by atoms with E-state index in [2.05, 4.69) is 92.1 Å². The minimum absolute atomic E-state index is 0.221. The molecule has 1 aliphatic heterocycles. The van der Waals surface area contributed by atoms with Crippen LogP contribution in [0.2, 0.25) is 0 Å². The number of aliphatic hydroxyl groups excluding tert-OH is 5.